The number of nitrogens with two attached hydrogens (primary N) is 1. The summed E-state index contributed by atoms with van der Waals surface area (Å²) in [5.74, 6) is 0.728. The lowest BCUT2D eigenvalue weighted by Gasteiger charge is -2.23. The summed E-state index contributed by atoms with van der Waals surface area (Å²) >= 11 is 0. The summed E-state index contributed by atoms with van der Waals surface area (Å²) in [4.78, 5) is 0. The van der Waals surface area contributed by atoms with Crippen molar-refractivity contribution in [3.8, 4) is 5.75 Å². The SMILES string of the molecule is COc1cc(N)cc(NCC2(O)CCCC2)c1. The molecule has 0 saturated heterocycles. The number of nitrogens with one attached hydrogen (secondary N) is 1. The Morgan fingerprint density at radius 3 is 2.71 bits per heavy atom. The summed E-state index contributed by atoms with van der Waals surface area (Å²) in [6, 6.07) is 5.50. The molecule has 1 saturated carbocycles. The molecule has 1 aromatic carbocycles. The predicted octanol–water partition coefficient (Wildman–Crippen LogP) is 1.99. The maximum atomic E-state index is 10.2. The zero-order chi connectivity index (χ0) is 12.3. The van der Waals surface area contributed by atoms with Gasteiger partial charge in [0.25, 0.3) is 0 Å². The Hall–Kier alpha value is -1.42. The van der Waals surface area contributed by atoms with Crippen LogP contribution in [0.2, 0.25) is 0 Å². The highest BCUT2D eigenvalue weighted by Crippen LogP contribution is 2.30. The number of hydrogen-bond donors (Lipinski definition) is 3. The second kappa shape index (κ2) is 4.84. The van der Waals surface area contributed by atoms with Gasteiger partial charge in [-0.05, 0) is 18.9 Å². The van der Waals surface area contributed by atoms with Gasteiger partial charge in [0.2, 0.25) is 0 Å². The number of rotatable bonds is 4. The quantitative estimate of drug-likeness (QED) is 0.699. The maximum absolute atomic E-state index is 10.2. The van der Waals surface area contributed by atoms with Gasteiger partial charge in [0.1, 0.15) is 5.75 Å². The van der Waals surface area contributed by atoms with E-state index in [2.05, 4.69) is 5.32 Å². The number of nitrogen functional groups attached to an aromatic ring is 1. The Morgan fingerprint density at radius 1 is 1.35 bits per heavy atom. The van der Waals surface area contributed by atoms with Crippen LogP contribution in [0.25, 0.3) is 0 Å². The number of methoxy groups -OCH3 is 1. The van der Waals surface area contributed by atoms with Crippen LogP contribution in [0.3, 0.4) is 0 Å². The Labute approximate surface area is 102 Å². The fourth-order valence-electron chi connectivity index (χ4n) is 2.32. The third kappa shape index (κ3) is 3.03. The Balaban J connectivity index is 2.00. The van der Waals surface area contributed by atoms with Crippen LogP contribution in [-0.2, 0) is 0 Å². The van der Waals surface area contributed by atoms with E-state index in [0.29, 0.717) is 12.2 Å². The van der Waals surface area contributed by atoms with E-state index in [4.69, 9.17) is 10.5 Å². The molecule has 1 fully saturated rings. The molecule has 0 atom stereocenters. The number of benzene rings is 1. The highest BCUT2D eigenvalue weighted by atomic mass is 16.5. The molecule has 4 heteroatoms. The molecule has 0 amide bonds. The van der Waals surface area contributed by atoms with Crippen molar-refractivity contribution in [2.75, 3.05) is 24.7 Å². The van der Waals surface area contributed by atoms with E-state index >= 15 is 0 Å². The zero-order valence-corrected chi connectivity index (χ0v) is 10.2. The second-order valence-electron chi connectivity index (χ2n) is 4.78. The fourth-order valence-corrected chi connectivity index (χ4v) is 2.32. The van der Waals surface area contributed by atoms with Crippen LogP contribution in [0.5, 0.6) is 5.75 Å². The zero-order valence-electron chi connectivity index (χ0n) is 10.2. The van der Waals surface area contributed by atoms with Crippen LogP contribution in [0.1, 0.15) is 25.7 Å². The largest absolute Gasteiger partial charge is 0.497 e. The minimum absolute atomic E-state index is 0.558. The van der Waals surface area contributed by atoms with E-state index in [1.54, 1.807) is 13.2 Å². The number of hydrogen-bond acceptors (Lipinski definition) is 4. The second-order valence-corrected chi connectivity index (χ2v) is 4.78. The molecule has 1 aliphatic carbocycles. The Morgan fingerprint density at radius 2 is 2.06 bits per heavy atom. The van der Waals surface area contributed by atoms with Crippen molar-refractivity contribution in [1.29, 1.82) is 0 Å². The molecule has 4 nitrogen and oxygen atoms in total. The van der Waals surface area contributed by atoms with Gasteiger partial charge in [0.05, 0.1) is 12.7 Å². The smallest absolute Gasteiger partial charge is 0.122 e. The molecule has 0 radical (unpaired) electrons. The molecule has 0 unspecified atom stereocenters. The number of aliphatic hydroxyl groups is 1. The summed E-state index contributed by atoms with van der Waals surface area (Å²) < 4.78 is 5.15. The summed E-state index contributed by atoms with van der Waals surface area (Å²) in [6.45, 7) is 0.569. The molecule has 2 rings (SSSR count). The van der Waals surface area contributed by atoms with Gasteiger partial charge in [-0.25, -0.2) is 0 Å². The average molecular weight is 236 g/mol. The van der Waals surface area contributed by atoms with E-state index in [-0.39, 0.29) is 0 Å². The van der Waals surface area contributed by atoms with E-state index in [1.807, 2.05) is 12.1 Å². The first-order valence-electron chi connectivity index (χ1n) is 6.02. The lowest BCUT2D eigenvalue weighted by molar-refractivity contribution is 0.0615. The molecule has 4 N–H and O–H groups in total. The third-order valence-corrected chi connectivity index (χ3v) is 3.32. The van der Waals surface area contributed by atoms with Gasteiger partial charge in [-0.15, -0.1) is 0 Å². The fraction of sp³-hybridized carbons (Fsp3) is 0.538. The first-order chi connectivity index (χ1) is 8.11. The van der Waals surface area contributed by atoms with E-state index in [0.717, 1.165) is 37.1 Å². The van der Waals surface area contributed by atoms with Crippen molar-refractivity contribution < 1.29 is 9.84 Å². The molecule has 1 aliphatic rings. The minimum atomic E-state index is -0.558. The minimum Gasteiger partial charge on any atom is -0.497 e. The van der Waals surface area contributed by atoms with Crippen LogP contribution < -0.4 is 15.8 Å². The van der Waals surface area contributed by atoms with Gasteiger partial charge in [-0.1, -0.05) is 12.8 Å². The molecule has 0 aromatic heterocycles. The molecule has 94 valence electrons. The molecular formula is C13H20N2O2. The topological polar surface area (TPSA) is 67.5 Å². The predicted molar refractivity (Wildman–Crippen MR) is 69.3 cm³/mol. The highest BCUT2D eigenvalue weighted by molar-refractivity contribution is 5.59. The number of ether oxygens (including phenoxy) is 1. The first kappa shape index (κ1) is 12.0. The Kier molecular flexibility index (Phi) is 3.43. The standard InChI is InChI=1S/C13H20N2O2/c1-17-12-7-10(14)6-11(8-12)15-9-13(16)4-2-3-5-13/h6-8,15-16H,2-5,9,14H2,1H3. The maximum Gasteiger partial charge on any atom is 0.122 e. The number of anilines is 2. The van der Waals surface area contributed by atoms with Gasteiger partial charge in [0, 0.05) is 30.1 Å². The van der Waals surface area contributed by atoms with Crippen molar-refractivity contribution >= 4 is 11.4 Å². The van der Waals surface area contributed by atoms with Gasteiger partial charge < -0.3 is 20.9 Å². The monoisotopic (exact) mass is 236 g/mol. The summed E-state index contributed by atoms with van der Waals surface area (Å²) in [7, 11) is 1.61. The molecule has 0 bridgehead atoms. The molecule has 0 spiro atoms. The molecular weight excluding hydrogens is 216 g/mol. The van der Waals surface area contributed by atoms with Gasteiger partial charge in [0.15, 0.2) is 0 Å². The molecule has 1 aromatic rings. The van der Waals surface area contributed by atoms with E-state index in [1.165, 1.54) is 0 Å². The van der Waals surface area contributed by atoms with Crippen molar-refractivity contribution in [1.82, 2.24) is 0 Å². The van der Waals surface area contributed by atoms with Crippen LogP contribution in [-0.4, -0.2) is 24.4 Å². The van der Waals surface area contributed by atoms with Crippen molar-refractivity contribution in [3.63, 3.8) is 0 Å². The Bertz CT molecular complexity index is 387. The van der Waals surface area contributed by atoms with Crippen LogP contribution >= 0.6 is 0 Å². The molecule has 17 heavy (non-hydrogen) atoms. The lowest BCUT2D eigenvalue weighted by atomic mass is 10.0. The van der Waals surface area contributed by atoms with Crippen molar-refractivity contribution in [2.45, 2.75) is 31.3 Å². The third-order valence-electron chi connectivity index (χ3n) is 3.32. The summed E-state index contributed by atoms with van der Waals surface area (Å²) in [5, 5.41) is 13.5. The first-order valence-corrected chi connectivity index (χ1v) is 6.02. The molecule has 0 heterocycles. The van der Waals surface area contributed by atoms with Crippen LogP contribution in [0.15, 0.2) is 18.2 Å². The highest BCUT2D eigenvalue weighted by Gasteiger charge is 2.30. The summed E-state index contributed by atoms with van der Waals surface area (Å²) in [5.41, 5.74) is 6.76. The average Bonchev–Trinajstić information content (AvgIpc) is 2.73. The lowest BCUT2D eigenvalue weighted by Crippen LogP contribution is -2.33. The molecule has 0 aliphatic heterocycles. The van der Waals surface area contributed by atoms with Gasteiger partial charge >= 0.3 is 0 Å². The van der Waals surface area contributed by atoms with Gasteiger partial charge in [-0.3, -0.25) is 0 Å². The van der Waals surface area contributed by atoms with E-state index < -0.39 is 5.60 Å². The van der Waals surface area contributed by atoms with E-state index in [9.17, 15) is 5.11 Å². The van der Waals surface area contributed by atoms with Gasteiger partial charge in [-0.2, -0.15) is 0 Å². The normalized spacial score (nSPS) is 18.0. The summed E-state index contributed by atoms with van der Waals surface area (Å²) in [6.07, 6.45) is 3.97. The van der Waals surface area contributed by atoms with Crippen molar-refractivity contribution in [3.05, 3.63) is 18.2 Å². The van der Waals surface area contributed by atoms with Crippen molar-refractivity contribution in [2.24, 2.45) is 0 Å². The van der Waals surface area contributed by atoms with Crippen LogP contribution in [0.4, 0.5) is 11.4 Å². The van der Waals surface area contributed by atoms with Crippen LogP contribution in [0, 0.1) is 0 Å².